The molecule has 2 heterocycles. The lowest BCUT2D eigenvalue weighted by molar-refractivity contribution is 0.0945. The summed E-state index contributed by atoms with van der Waals surface area (Å²) in [5.41, 5.74) is 2.45. The zero-order valence-electron chi connectivity index (χ0n) is 14.7. The van der Waals surface area contributed by atoms with Crippen molar-refractivity contribution in [3.63, 3.8) is 0 Å². The standard InChI is InChI=1S/C20H22N4O2/c1-26-18-9-5-4-8-17(18)24-11-10-14(13-24)12-21-20(25)19-15-6-2-3-7-16(15)22-23-19/h2-9,14H,10-13H2,1H3,(H,21,25)(H,22,23). The van der Waals surface area contributed by atoms with E-state index in [0.717, 1.165) is 41.9 Å². The van der Waals surface area contributed by atoms with Crippen molar-refractivity contribution in [1.82, 2.24) is 15.5 Å². The van der Waals surface area contributed by atoms with Crippen molar-refractivity contribution in [3.05, 3.63) is 54.2 Å². The van der Waals surface area contributed by atoms with Crippen LogP contribution in [0.1, 0.15) is 16.9 Å². The second-order valence-electron chi connectivity index (χ2n) is 6.60. The van der Waals surface area contributed by atoms with Crippen molar-refractivity contribution in [1.29, 1.82) is 0 Å². The zero-order valence-corrected chi connectivity index (χ0v) is 14.7. The van der Waals surface area contributed by atoms with Gasteiger partial charge in [-0.15, -0.1) is 0 Å². The van der Waals surface area contributed by atoms with Gasteiger partial charge in [-0.1, -0.05) is 30.3 Å². The van der Waals surface area contributed by atoms with Gasteiger partial charge >= 0.3 is 0 Å². The van der Waals surface area contributed by atoms with Crippen LogP contribution in [0.3, 0.4) is 0 Å². The van der Waals surface area contributed by atoms with Gasteiger partial charge in [-0.2, -0.15) is 5.10 Å². The molecule has 0 spiro atoms. The maximum Gasteiger partial charge on any atom is 0.272 e. The molecule has 6 heteroatoms. The fourth-order valence-corrected chi connectivity index (χ4v) is 3.57. The summed E-state index contributed by atoms with van der Waals surface area (Å²) in [5.74, 6) is 1.17. The van der Waals surface area contributed by atoms with Gasteiger partial charge in [-0.3, -0.25) is 9.89 Å². The number of fused-ring (bicyclic) bond motifs is 1. The van der Waals surface area contributed by atoms with Crippen molar-refractivity contribution >= 4 is 22.5 Å². The van der Waals surface area contributed by atoms with Crippen molar-refractivity contribution in [2.45, 2.75) is 6.42 Å². The molecule has 1 fully saturated rings. The highest BCUT2D eigenvalue weighted by atomic mass is 16.5. The van der Waals surface area contributed by atoms with Gasteiger partial charge in [0.25, 0.3) is 5.91 Å². The smallest absolute Gasteiger partial charge is 0.272 e. The summed E-state index contributed by atoms with van der Waals surface area (Å²) < 4.78 is 5.46. The quantitative estimate of drug-likeness (QED) is 0.742. The Morgan fingerprint density at radius 2 is 2.08 bits per heavy atom. The van der Waals surface area contributed by atoms with Crippen LogP contribution in [0.25, 0.3) is 10.9 Å². The maximum absolute atomic E-state index is 12.5. The number of anilines is 1. The average molecular weight is 350 g/mol. The van der Waals surface area contributed by atoms with Gasteiger partial charge in [0.2, 0.25) is 0 Å². The van der Waals surface area contributed by atoms with Gasteiger partial charge in [-0.25, -0.2) is 0 Å². The largest absolute Gasteiger partial charge is 0.495 e. The summed E-state index contributed by atoms with van der Waals surface area (Å²) in [6.45, 7) is 2.51. The van der Waals surface area contributed by atoms with Gasteiger partial charge in [0.1, 0.15) is 5.75 Å². The third kappa shape index (κ3) is 3.10. The maximum atomic E-state index is 12.5. The van der Waals surface area contributed by atoms with E-state index in [9.17, 15) is 4.79 Å². The summed E-state index contributed by atoms with van der Waals surface area (Å²) in [5, 5.41) is 11.0. The molecular weight excluding hydrogens is 328 g/mol. The molecule has 6 nitrogen and oxygen atoms in total. The summed E-state index contributed by atoms with van der Waals surface area (Å²) >= 11 is 0. The molecule has 3 aromatic rings. The highest BCUT2D eigenvalue weighted by Crippen LogP contribution is 2.31. The van der Waals surface area contributed by atoms with Gasteiger partial charge in [0, 0.05) is 25.0 Å². The van der Waals surface area contributed by atoms with Gasteiger partial charge < -0.3 is 15.0 Å². The fourth-order valence-electron chi connectivity index (χ4n) is 3.57. The van der Waals surface area contributed by atoms with Gasteiger partial charge in [0.05, 0.1) is 18.3 Å². The number of aromatic amines is 1. The molecule has 1 aliphatic rings. The van der Waals surface area contributed by atoms with Crippen LogP contribution in [0.15, 0.2) is 48.5 Å². The van der Waals surface area contributed by atoms with Gasteiger partial charge in [0.15, 0.2) is 5.69 Å². The van der Waals surface area contributed by atoms with Gasteiger partial charge in [-0.05, 0) is 30.5 Å². The molecule has 1 aliphatic heterocycles. The van der Waals surface area contributed by atoms with Crippen LogP contribution in [0.4, 0.5) is 5.69 Å². The Hall–Kier alpha value is -3.02. The van der Waals surface area contributed by atoms with Crippen LogP contribution in [-0.4, -0.2) is 42.8 Å². The number of para-hydroxylation sites is 3. The molecule has 1 amide bonds. The number of amides is 1. The normalized spacial score (nSPS) is 16.8. The summed E-state index contributed by atoms with van der Waals surface area (Å²) in [6, 6.07) is 15.7. The number of hydrogen-bond donors (Lipinski definition) is 2. The molecule has 1 atom stereocenters. The molecule has 1 unspecified atom stereocenters. The SMILES string of the molecule is COc1ccccc1N1CCC(CNC(=O)c2n[nH]c3ccccc23)C1. The summed E-state index contributed by atoms with van der Waals surface area (Å²) in [7, 11) is 1.70. The van der Waals surface area contributed by atoms with E-state index in [0.29, 0.717) is 18.2 Å². The Bertz CT molecular complexity index is 921. The number of H-pyrrole nitrogens is 1. The second-order valence-corrected chi connectivity index (χ2v) is 6.60. The minimum atomic E-state index is -0.127. The van der Waals surface area contributed by atoms with Crippen molar-refractivity contribution in [2.75, 3.05) is 31.6 Å². The minimum absolute atomic E-state index is 0.127. The van der Waals surface area contributed by atoms with E-state index in [1.807, 2.05) is 42.5 Å². The first-order valence-corrected chi connectivity index (χ1v) is 8.85. The molecular formula is C20H22N4O2. The van der Waals surface area contributed by atoms with Crippen LogP contribution in [0.5, 0.6) is 5.75 Å². The number of hydrogen-bond acceptors (Lipinski definition) is 4. The molecule has 2 N–H and O–H groups in total. The molecule has 0 bridgehead atoms. The van der Waals surface area contributed by atoms with Crippen LogP contribution in [0, 0.1) is 5.92 Å². The third-order valence-electron chi connectivity index (χ3n) is 4.95. The van der Waals surface area contributed by atoms with E-state index in [-0.39, 0.29) is 5.91 Å². The number of benzene rings is 2. The third-order valence-corrected chi connectivity index (χ3v) is 4.95. The first-order valence-electron chi connectivity index (χ1n) is 8.85. The highest BCUT2D eigenvalue weighted by molar-refractivity contribution is 6.04. The Morgan fingerprint density at radius 1 is 1.27 bits per heavy atom. The molecule has 1 aromatic heterocycles. The Kier molecular flexibility index (Phi) is 4.48. The second kappa shape index (κ2) is 7.07. The average Bonchev–Trinajstić information content (AvgIpc) is 3.33. The molecule has 134 valence electrons. The predicted molar refractivity (Wildman–Crippen MR) is 102 cm³/mol. The highest BCUT2D eigenvalue weighted by Gasteiger charge is 2.25. The zero-order chi connectivity index (χ0) is 17.9. The molecule has 2 aromatic carbocycles. The molecule has 0 saturated carbocycles. The monoisotopic (exact) mass is 350 g/mol. The number of nitrogens with zero attached hydrogens (tertiary/aromatic N) is 2. The van der Waals surface area contributed by atoms with Crippen molar-refractivity contribution in [2.24, 2.45) is 5.92 Å². The summed E-state index contributed by atoms with van der Waals surface area (Å²) in [4.78, 5) is 14.8. The minimum Gasteiger partial charge on any atom is -0.495 e. The number of methoxy groups -OCH3 is 1. The predicted octanol–water partition coefficient (Wildman–Crippen LogP) is 2.83. The fraction of sp³-hybridized carbons (Fsp3) is 0.300. The Morgan fingerprint density at radius 3 is 2.96 bits per heavy atom. The first-order chi connectivity index (χ1) is 12.8. The lowest BCUT2D eigenvalue weighted by Crippen LogP contribution is -2.31. The molecule has 1 saturated heterocycles. The van der Waals surface area contributed by atoms with E-state index in [4.69, 9.17) is 4.74 Å². The lowest BCUT2D eigenvalue weighted by atomic mass is 10.1. The first kappa shape index (κ1) is 16.4. The van der Waals surface area contributed by atoms with Crippen LogP contribution >= 0.6 is 0 Å². The summed E-state index contributed by atoms with van der Waals surface area (Å²) in [6.07, 6.45) is 1.04. The molecule has 0 aliphatic carbocycles. The van der Waals surface area contributed by atoms with Crippen LogP contribution in [0.2, 0.25) is 0 Å². The van der Waals surface area contributed by atoms with E-state index in [1.54, 1.807) is 7.11 Å². The van der Waals surface area contributed by atoms with E-state index >= 15 is 0 Å². The number of ether oxygens (including phenoxy) is 1. The molecule has 26 heavy (non-hydrogen) atoms. The van der Waals surface area contributed by atoms with Crippen molar-refractivity contribution in [3.8, 4) is 5.75 Å². The van der Waals surface area contributed by atoms with Crippen molar-refractivity contribution < 1.29 is 9.53 Å². The topological polar surface area (TPSA) is 70.2 Å². The number of aromatic nitrogens is 2. The van der Waals surface area contributed by atoms with E-state index in [2.05, 4.69) is 26.5 Å². The Labute approximate surface area is 152 Å². The molecule has 0 radical (unpaired) electrons. The van der Waals surface area contributed by atoms with E-state index in [1.165, 1.54) is 0 Å². The number of rotatable bonds is 5. The lowest BCUT2D eigenvalue weighted by Gasteiger charge is -2.21. The van der Waals surface area contributed by atoms with Crippen LogP contribution < -0.4 is 15.0 Å². The number of carbonyl (C=O) groups is 1. The number of nitrogens with one attached hydrogen (secondary N) is 2. The number of carbonyl (C=O) groups excluding carboxylic acids is 1. The Balaban J connectivity index is 1.38. The van der Waals surface area contributed by atoms with Crippen LogP contribution in [-0.2, 0) is 0 Å². The molecule has 4 rings (SSSR count). The van der Waals surface area contributed by atoms with E-state index < -0.39 is 0 Å².